The zero-order valence-corrected chi connectivity index (χ0v) is 16.9. The summed E-state index contributed by atoms with van der Waals surface area (Å²) in [6.45, 7) is 0. The molecule has 3 aromatic rings. The van der Waals surface area contributed by atoms with Gasteiger partial charge in [0.05, 0.1) is 24.0 Å². The van der Waals surface area contributed by atoms with E-state index in [4.69, 9.17) is 4.74 Å². The average molecular weight is 410 g/mol. The Hall–Kier alpha value is -3.00. The van der Waals surface area contributed by atoms with Crippen LogP contribution in [0.2, 0.25) is 0 Å². The normalized spacial score (nSPS) is 16.2. The molecule has 8 heteroatoms. The van der Waals surface area contributed by atoms with Crippen molar-refractivity contribution in [3.05, 3.63) is 54.4 Å². The van der Waals surface area contributed by atoms with Gasteiger partial charge >= 0.3 is 0 Å². The first kappa shape index (κ1) is 19.3. The first-order valence-corrected chi connectivity index (χ1v) is 10.6. The number of para-hydroxylation sites is 2. The topological polar surface area (TPSA) is 87.3 Å². The number of carbonyl (C=O) groups is 2. The number of amides is 2. The maximum Gasteiger partial charge on any atom is 0.248 e. The SMILES string of the molecule is COc1ccc(NC(=O)C2CSCN2C(=O)CCc2nc3ccccc3[nH]2)cc1. The highest BCUT2D eigenvalue weighted by Crippen LogP contribution is 2.24. The summed E-state index contributed by atoms with van der Waals surface area (Å²) in [7, 11) is 1.60. The van der Waals surface area contributed by atoms with E-state index in [2.05, 4.69) is 15.3 Å². The summed E-state index contributed by atoms with van der Waals surface area (Å²) in [6, 6.07) is 14.5. The number of aromatic amines is 1. The number of H-pyrrole nitrogens is 1. The summed E-state index contributed by atoms with van der Waals surface area (Å²) in [4.78, 5) is 34.9. The van der Waals surface area contributed by atoms with Gasteiger partial charge in [0, 0.05) is 24.3 Å². The van der Waals surface area contributed by atoms with Crippen molar-refractivity contribution in [2.75, 3.05) is 24.1 Å². The highest BCUT2D eigenvalue weighted by atomic mass is 32.2. The average Bonchev–Trinajstić information content (AvgIpc) is 3.39. The summed E-state index contributed by atoms with van der Waals surface area (Å²) in [5, 5.41) is 2.89. The summed E-state index contributed by atoms with van der Waals surface area (Å²) in [5.41, 5.74) is 2.54. The fourth-order valence-electron chi connectivity index (χ4n) is 3.30. The Morgan fingerprint density at radius 2 is 2.03 bits per heavy atom. The number of nitrogens with zero attached hydrogens (tertiary/aromatic N) is 2. The Morgan fingerprint density at radius 3 is 2.79 bits per heavy atom. The fourth-order valence-corrected chi connectivity index (χ4v) is 4.48. The maximum atomic E-state index is 12.8. The number of rotatable bonds is 6. The number of benzene rings is 2. The number of aromatic nitrogens is 2. The molecule has 0 bridgehead atoms. The minimum atomic E-state index is -0.467. The number of thioether (sulfide) groups is 1. The van der Waals surface area contributed by atoms with Crippen LogP contribution in [0.1, 0.15) is 12.2 Å². The van der Waals surface area contributed by atoms with Crippen molar-refractivity contribution in [3.63, 3.8) is 0 Å². The van der Waals surface area contributed by atoms with Crippen molar-refractivity contribution in [3.8, 4) is 5.75 Å². The van der Waals surface area contributed by atoms with Gasteiger partial charge < -0.3 is 19.9 Å². The molecule has 1 unspecified atom stereocenters. The molecule has 0 saturated carbocycles. The predicted octanol–water partition coefficient (Wildman–Crippen LogP) is 3.04. The van der Waals surface area contributed by atoms with Crippen molar-refractivity contribution >= 4 is 40.3 Å². The van der Waals surface area contributed by atoms with Crippen LogP contribution < -0.4 is 10.1 Å². The highest BCUT2D eigenvalue weighted by Gasteiger charge is 2.34. The summed E-state index contributed by atoms with van der Waals surface area (Å²) >= 11 is 1.59. The third-order valence-electron chi connectivity index (χ3n) is 4.88. The van der Waals surface area contributed by atoms with Crippen LogP contribution in [0.25, 0.3) is 11.0 Å². The molecule has 2 N–H and O–H groups in total. The Bertz CT molecular complexity index is 985. The van der Waals surface area contributed by atoms with Gasteiger partial charge in [0.25, 0.3) is 0 Å². The molecule has 7 nitrogen and oxygen atoms in total. The number of aryl methyl sites for hydroxylation is 1. The Kier molecular flexibility index (Phi) is 5.71. The van der Waals surface area contributed by atoms with E-state index in [0.717, 1.165) is 22.6 Å². The smallest absolute Gasteiger partial charge is 0.248 e. The molecule has 1 fully saturated rings. The monoisotopic (exact) mass is 410 g/mol. The number of hydrogen-bond donors (Lipinski definition) is 2. The number of carbonyl (C=O) groups excluding carboxylic acids is 2. The van der Waals surface area contributed by atoms with Crippen molar-refractivity contribution in [1.29, 1.82) is 0 Å². The van der Waals surface area contributed by atoms with Crippen molar-refractivity contribution < 1.29 is 14.3 Å². The molecule has 0 aliphatic carbocycles. The molecule has 0 radical (unpaired) electrons. The van der Waals surface area contributed by atoms with Crippen molar-refractivity contribution in [2.45, 2.75) is 18.9 Å². The molecule has 1 aliphatic heterocycles. The summed E-state index contributed by atoms with van der Waals surface area (Å²) in [6.07, 6.45) is 0.828. The van der Waals surface area contributed by atoms with Crippen LogP contribution in [-0.2, 0) is 16.0 Å². The van der Waals surface area contributed by atoms with Crippen LogP contribution in [0, 0.1) is 0 Å². The summed E-state index contributed by atoms with van der Waals surface area (Å²) in [5.74, 6) is 2.42. The van der Waals surface area contributed by atoms with Gasteiger partial charge in [0.1, 0.15) is 17.6 Å². The van der Waals surface area contributed by atoms with E-state index in [-0.39, 0.29) is 11.8 Å². The standard InChI is InChI=1S/C21H22N4O3S/c1-28-15-8-6-14(7-9-15)22-21(27)18-12-29-13-25(18)20(26)11-10-19-23-16-4-2-3-5-17(16)24-19/h2-9,18H,10-13H2,1H3,(H,22,27)(H,23,24). The Morgan fingerprint density at radius 1 is 1.24 bits per heavy atom. The number of nitrogens with one attached hydrogen (secondary N) is 2. The molecular weight excluding hydrogens is 388 g/mol. The van der Waals surface area contributed by atoms with Crippen LogP contribution in [0.5, 0.6) is 5.75 Å². The second-order valence-corrected chi connectivity index (χ2v) is 7.80. The molecule has 1 saturated heterocycles. The lowest BCUT2D eigenvalue weighted by atomic mass is 10.2. The predicted molar refractivity (Wildman–Crippen MR) is 114 cm³/mol. The molecule has 2 aromatic carbocycles. The Balaban J connectivity index is 1.36. The van der Waals surface area contributed by atoms with Crippen LogP contribution >= 0.6 is 11.8 Å². The molecule has 150 valence electrons. The molecule has 1 aromatic heterocycles. The van der Waals surface area contributed by atoms with Gasteiger partial charge in [0.2, 0.25) is 11.8 Å². The lowest BCUT2D eigenvalue weighted by Crippen LogP contribution is -2.44. The number of methoxy groups -OCH3 is 1. The van der Waals surface area contributed by atoms with E-state index in [1.807, 2.05) is 24.3 Å². The van der Waals surface area contributed by atoms with Gasteiger partial charge in [-0.3, -0.25) is 9.59 Å². The van der Waals surface area contributed by atoms with Gasteiger partial charge in [0.15, 0.2) is 0 Å². The zero-order chi connectivity index (χ0) is 20.2. The van der Waals surface area contributed by atoms with E-state index in [9.17, 15) is 9.59 Å². The third-order valence-corrected chi connectivity index (χ3v) is 5.89. The number of fused-ring (bicyclic) bond motifs is 1. The molecule has 2 heterocycles. The molecule has 4 rings (SSSR count). The van der Waals surface area contributed by atoms with E-state index in [1.54, 1.807) is 48.0 Å². The lowest BCUT2D eigenvalue weighted by molar-refractivity contribution is -0.136. The van der Waals surface area contributed by atoms with E-state index in [0.29, 0.717) is 30.2 Å². The molecule has 0 spiro atoms. The fraction of sp³-hybridized carbons (Fsp3) is 0.286. The molecule has 29 heavy (non-hydrogen) atoms. The highest BCUT2D eigenvalue weighted by molar-refractivity contribution is 7.99. The van der Waals surface area contributed by atoms with E-state index in [1.165, 1.54) is 0 Å². The van der Waals surface area contributed by atoms with E-state index >= 15 is 0 Å². The number of anilines is 1. The molecular formula is C21H22N4O3S. The minimum Gasteiger partial charge on any atom is -0.497 e. The maximum absolute atomic E-state index is 12.8. The summed E-state index contributed by atoms with van der Waals surface area (Å²) < 4.78 is 5.13. The first-order chi connectivity index (χ1) is 14.1. The quantitative estimate of drug-likeness (QED) is 0.652. The minimum absolute atomic E-state index is 0.0367. The van der Waals surface area contributed by atoms with Crippen molar-refractivity contribution in [2.24, 2.45) is 0 Å². The molecule has 1 aliphatic rings. The van der Waals surface area contributed by atoms with Gasteiger partial charge in [-0.1, -0.05) is 12.1 Å². The van der Waals surface area contributed by atoms with Gasteiger partial charge in [-0.05, 0) is 36.4 Å². The van der Waals surface area contributed by atoms with Crippen LogP contribution in [0.15, 0.2) is 48.5 Å². The van der Waals surface area contributed by atoms with Crippen molar-refractivity contribution in [1.82, 2.24) is 14.9 Å². The Labute approximate surface area is 172 Å². The molecule has 2 amide bonds. The molecule has 1 atom stereocenters. The van der Waals surface area contributed by atoms with E-state index < -0.39 is 6.04 Å². The zero-order valence-electron chi connectivity index (χ0n) is 16.1. The lowest BCUT2D eigenvalue weighted by Gasteiger charge is -2.23. The number of hydrogen-bond acceptors (Lipinski definition) is 5. The number of ether oxygens (including phenoxy) is 1. The van der Waals surface area contributed by atoms with Gasteiger partial charge in [-0.15, -0.1) is 11.8 Å². The van der Waals surface area contributed by atoms with Gasteiger partial charge in [-0.2, -0.15) is 0 Å². The van der Waals surface area contributed by atoms with Gasteiger partial charge in [-0.25, -0.2) is 4.98 Å². The first-order valence-electron chi connectivity index (χ1n) is 9.40. The third kappa shape index (κ3) is 4.37. The second-order valence-electron chi connectivity index (χ2n) is 6.80. The van der Waals surface area contributed by atoms with Crippen LogP contribution in [0.4, 0.5) is 5.69 Å². The van der Waals surface area contributed by atoms with Crippen LogP contribution in [0.3, 0.4) is 0 Å². The number of imidazole rings is 1. The van der Waals surface area contributed by atoms with Crippen LogP contribution in [-0.4, -0.2) is 51.5 Å². The largest absolute Gasteiger partial charge is 0.497 e. The second kappa shape index (κ2) is 8.57.